The second-order valence-electron chi connectivity index (χ2n) is 4.80. The van der Waals surface area contributed by atoms with E-state index in [1.807, 2.05) is 18.2 Å². The minimum atomic E-state index is 0.104. The van der Waals surface area contributed by atoms with Gasteiger partial charge in [-0.2, -0.15) is 0 Å². The van der Waals surface area contributed by atoms with Crippen LogP contribution in [0, 0.1) is 0 Å². The van der Waals surface area contributed by atoms with Gasteiger partial charge < -0.3 is 0 Å². The van der Waals surface area contributed by atoms with Gasteiger partial charge in [0.15, 0.2) is 0 Å². The molecule has 106 valence electrons. The van der Waals surface area contributed by atoms with E-state index in [1.54, 1.807) is 11.8 Å². The van der Waals surface area contributed by atoms with Crippen LogP contribution in [0.25, 0.3) is 0 Å². The van der Waals surface area contributed by atoms with Crippen LogP contribution < -0.4 is 0 Å². The van der Waals surface area contributed by atoms with Crippen LogP contribution in [0.2, 0.25) is 0 Å². The van der Waals surface area contributed by atoms with Gasteiger partial charge in [-0.15, -0.1) is 0 Å². The number of halogens is 1. The van der Waals surface area contributed by atoms with Crippen LogP contribution >= 0.6 is 11.8 Å². The predicted molar refractivity (Wildman–Crippen MR) is 84.1 cm³/mol. The molecule has 1 aromatic rings. The van der Waals surface area contributed by atoms with Gasteiger partial charge in [0, 0.05) is 9.80 Å². The minimum Gasteiger partial charge on any atom is -0.211 e. The van der Waals surface area contributed by atoms with Crippen molar-refractivity contribution in [2.45, 2.75) is 63.7 Å². The van der Waals surface area contributed by atoms with Crippen LogP contribution in [0.15, 0.2) is 46.0 Å². The Morgan fingerprint density at radius 2 is 1.63 bits per heavy atom. The molecule has 0 saturated heterocycles. The van der Waals surface area contributed by atoms with E-state index < -0.39 is 0 Å². The number of rotatable bonds is 9. The van der Waals surface area contributed by atoms with E-state index in [2.05, 4.69) is 26.0 Å². The van der Waals surface area contributed by atoms with Gasteiger partial charge >= 0.3 is 0 Å². The zero-order valence-corrected chi connectivity index (χ0v) is 12.9. The predicted octanol–water partition coefficient (Wildman–Crippen LogP) is 6.73. The Balaban J connectivity index is 2.68. The molecule has 0 aromatic heterocycles. The maximum absolute atomic E-state index is 14.2. The Hall–Kier alpha value is -0.760. The van der Waals surface area contributed by atoms with Crippen molar-refractivity contribution < 1.29 is 4.39 Å². The topological polar surface area (TPSA) is 0 Å². The highest BCUT2D eigenvalue weighted by atomic mass is 32.2. The first-order valence-corrected chi connectivity index (χ1v) is 8.20. The van der Waals surface area contributed by atoms with Gasteiger partial charge in [-0.05, 0) is 37.8 Å². The average molecular weight is 280 g/mol. The summed E-state index contributed by atoms with van der Waals surface area (Å²) in [5.74, 6) is 0.104. The van der Waals surface area contributed by atoms with Gasteiger partial charge in [-0.25, -0.2) is 4.39 Å². The summed E-state index contributed by atoms with van der Waals surface area (Å²) in [4.78, 5) is 2.08. The first kappa shape index (κ1) is 16.3. The van der Waals surface area contributed by atoms with Crippen molar-refractivity contribution in [1.82, 2.24) is 0 Å². The van der Waals surface area contributed by atoms with Crippen molar-refractivity contribution in [1.29, 1.82) is 0 Å². The molecule has 0 aliphatic rings. The van der Waals surface area contributed by atoms with E-state index in [-0.39, 0.29) is 5.83 Å². The summed E-state index contributed by atoms with van der Waals surface area (Å²) in [7, 11) is 0. The fraction of sp³-hybridized carbons (Fsp3) is 0.529. The molecule has 0 N–H and O–H groups in total. The van der Waals surface area contributed by atoms with Crippen molar-refractivity contribution in [3.05, 3.63) is 41.1 Å². The minimum absolute atomic E-state index is 0.104. The van der Waals surface area contributed by atoms with Crippen molar-refractivity contribution in [2.75, 3.05) is 0 Å². The molecule has 0 nitrogen and oxygen atoms in total. The highest BCUT2D eigenvalue weighted by molar-refractivity contribution is 8.03. The monoisotopic (exact) mass is 280 g/mol. The van der Waals surface area contributed by atoms with Crippen molar-refractivity contribution >= 4 is 11.8 Å². The van der Waals surface area contributed by atoms with E-state index in [0.717, 1.165) is 35.5 Å². The third-order valence-electron chi connectivity index (χ3n) is 3.04. The maximum Gasteiger partial charge on any atom is 0.110 e. The van der Waals surface area contributed by atoms with Crippen molar-refractivity contribution in [2.24, 2.45) is 0 Å². The number of allylic oxidation sites excluding steroid dienone is 2. The molecule has 0 amide bonds. The van der Waals surface area contributed by atoms with Gasteiger partial charge in [0.2, 0.25) is 0 Å². The van der Waals surface area contributed by atoms with Crippen LogP contribution in [0.5, 0.6) is 0 Å². The quantitative estimate of drug-likeness (QED) is 0.357. The van der Waals surface area contributed by atoms with Crippen LogP contribution in [0.4, 0.5) is 4.39 Å². The fourth-order valence-electron chi connectivity index (χ4n) is 1.88. The normalized spacial score (nSPS) is 12.4. The molecule has 0 bridgehead atoms. The summed E-state index contributed by atoms with van der Waals surface area (Å²) in [5, 5.41) is 0. The lowest BCUT2D eigenvalue weighted by molar-refractivity contribution is 0.558. The fourth-order valence-corrected chi connectivity index (χ4v) is 2.92. The summed E-state index contributed by atoms with van der Waals surface area (Å²) in [5.41, 5.74) is 0. The van der Waals surface area contributed by atoms with Crippen molar-refractivity contribution in [3.8, 4) is 0 Å². The Bertz CT molecular complexity index is 370. The second-order valence-corrected chi connectivity index (χ2v) is 5.97. The number of unbranched alkanes of at least 4 members (excludes halogenated alkanes) is 3. The molecule has 19 heavy (non-hydrogen) atoms. The first-order chi connectivity index (χ1) is 9.27. The first-order valence-electron chi connectivity index (χ1n) is 7.38. The molecule has 2 heteroatoms. The third-order valence-corrected chi connectivity index (χ3v) is 4.22. The molecule has 0 spiro atoms. The lowest BCUT2D eigenvalue weighted by atomic mass is 10.1. The molecule has 1 rings (SSSR count). The number of benzene rings is 1. The number of hydrogen-bond donors (Lipinski definition) is 0. The van der Waals surface area contributed by atoms with E-state index in [1.165, 1.54) is 12.8 Å². The summed E-state index contributed by atoms with van der Waals surface area (Å²) in [6, 6.07) is 10.1. The van der Waals surface area contributed by atoms with E-state index in [4.69, 9.17) is 0 Å². The third kappa shape index (κ3) is 6.81. The Morgan fingerprint density at radius 1 is 0.947 bits per heavy atom. The summed E-state index contributed by atoms with van der Waals surface area (Å²) in [6.45, 7) is 4.29. The van der Waals surface area contributed by atoms with Crippen LogP contribution in [0.3, 0.4) is 0 Å². The zero-order chi connectivity index (χ0) is 13.9. The van der Waals surface area contributed by atoms with E-state index >= 15 is 0 Å². The van der Waals surface area contributed by atoms with Gasteiger partial charge in [0.25, 0.3) is 0 Å². The molecular formula is C17H25FS. The zero-order valence-electron chi connectivity index (χ0n) is 12.1. The molecule has 0 atom stereocenters. The Labute approximate surface area is 121 Å². The van der Waals surface area contributed by atoms with Gasteiger partial charge in [0.05, 0.1) is 0 Å². The molecule has 0 saturated carbocycles. The lowest BCUT2D eigenvalue weighted by Gasteiger charge is -2.09. The molecule has 0 radical (unpaired) electrons. The number of hydrogen-bond acceptors (Lipinski definition) is 1. The maximum atomic E-state index is 14.2. The summed E-state index contributed by atoms with van der Waals surface area (Å²) in [6.07, 6.45) is 6.91. The van der Waals surface area contributed by atoms with Gasteiger partial charge in [0.1, 0.15) is 5.83 Å². The molecule has 0 heterocycles. The van der Waals surface area contributed by atoms with Gasteiger partial charge in [-0.3, -0.25) is 0 Å². The SMILES string of the molecule is CCCCCC(Sc1ccccc1)=C(F)CCCC. The Kier molecular flexibility index (Phi) is 8.64. The standard InChI is InChI=1S/C17H25FS/c1-3-5-8-14-17(16(18)13-6-4-2)19-15-11-9-7-10-12-15/h7,9-12H,3-6,8,13-14H2,1-2H3. The molecule has 0 unspecified atom stereocenters. The number of thioether (sulfide) groups is 1. The van der Waals surface area contributed by atoms with E-state index in [0.29, 0.717) is 6.42 Å². The second kappa shape index (κ2) is 10.1. The molecule has 0 fully saturated rings. The lowest BCUT2D eigenvalue weighted by Crippen LogP contribution is -1.87. The smallest absolute Gasteiger partial charge is 0.110 e. The van der Waals surface area contributed by atoms with Crippen molar-refractivity contribution in [3.63, 3.8) is 0 Å². The van der Waals surface area contributed by atoms with Crippen LogP contribution in [-0.4, -0.2) is 0 Å². The largest absolute Gasteiger partial charge is 0.211 e. The molecular weight excluding hydrogens is 255 g/mol. The van der Waals surface area contributed by atoms with Gasteiger partial charge in [-0.1, -0.05) is 63.1 Å². The Morgan fingerprint density at radius 3 is 2.26 bits per heavy atom. The van der Waals surface area contributed by atoms with Crippen LogP contribution in [-0.2, 0) is 0 Å². The van der Waals surface area contributed by atoms with Crippen LogP contribution in [0.1, 0.15) is 58.8 Å². The van der Waals surface area contributed by atoms with E-state index in [9.17, 15) is 4.39 Å². The molecule has 0 aliphatic carbocycles. The average Bonchev–Trinajstić information content (AvgIpc) is 2.45. The summed E-state index contributed by atoms with van der Waals surface area (Å²) < 4.78 is 14.2. The molecule has 1 aromatic carbocycles. The highest BCUT2D eigenvalue weighted by Gasteiger charge is 2.08. The highest BCUT2D eigenvalue weighted by Crippen LogP contribution is 2.34. The molecule has 0 aliphatic heterocycles. The summed E-state index contributed by atoms with van der Waals surface area (Å²) >= 11 is 1.60.